The van der Waals surface area contributed by atoms with E-state index in [9.17, 15) is 0 Å². The van der Waals surface area contributed by atoms with Crippen LogP contribution in [0.4, 0.5) is 0 Å². The molecule has 0 aliphatic rings. The summed E-state index contributed by atoms with van der Waals surface area (Å²) in [5.74, 6) is 0. The van der Waals surface area contributed by atoms with Crippen molar-refractivity contribution in [2.45, 2.75) is 20.5 Å². The van der Waals surface area contributed by atoms with Crippen LogP contribution in [0.15, 0.2) is 67.0 Å². The first-order valence-corrected chi connectivity index (χ1v) is 8.86. The van der Waals surface area contributed by atoms with E-state index in [1.54, 1.807) is 17.1 Å². The SMILES string of the molecule is Cc1ccc(-c2cc(-c3ccc(C)cc3)n(Cn3cc(Cl)cn3)n2)cc1. The molecule has 0 unspecified atom stereocenters. The molecule has 0 spiro atoms. The minimum absolute atomic E-state index is 0.502. The molecule has 0 fully saturated rings. The van der Waals surface area contributed by atoms with Crippen LogP contribution in [0, 0.1) is 13.8 Å². The summed E-state index contributed by atoms with van der Waals surface area (Å²) < 4.78 is 3.75. The second-order valence-corrected chi connectivity index (χ2v) is 6.92. The van der Waals surface area contributed by atoms with Crippen molar-refractivity contribution in [3.63, 3.8) is 0 Å². The van der Waals surface area contributed by atoms with Gasteiger partial charge in [-0.15, -0.1) is 0 Å². The van der Waals surface area contributed by atoms with Gasteiger partial charge in [-0.05, 0) is 25.5 Å². The lowest BCUT2D eigenvalue weighted by molar-refractivity contribution is 0.508. The molecule has 0 saturated heterocycles. The molecule has 4 nitrogen and oxygen atoms in total. The van der Waals surface area contributed by atoms with Gasteiger partial charge in [-0.2, -0.15) is 10.2 Å². The third-order valence-corrected chi connectivity index (χ3v) is 4.55. The molecule has 0 radical (unpaired) electrons. The summed E-state index contributed by atoms with van der Waals surface area (Å²) >= 11 is 6.00. The molecule has 0 bridgehead atoms. The molecule has 0 saturated carbocycles. The quantitative estimate of drug-likeness (QED) is 0.500. The molecule has 4 aromatic rings. The van der Waals surface area contributed by atoms with E-state index in [4.69, 9.17) is 16.7 Å². The number of nitrogens with zero attached hydrogens (tertiary/aromatic N) is 4. The molecule has 2 heterocycles. The number of aryl methyl sites for hydroxylation is 2. The predicted molar refractivity (Wildman–Crippen MR) is 105 cm³/mol. The van der Waals surface area contributed by atoms with E-state index in [1.165, 1.54) is 11.1 Å². The lowest BCUT2D eigenvalue weighted by Crippen LogP contribution is -2.11. The number of benzene rings is 2. The number of aromatic nitrogens is 4. The second kappa shape index (κ2) is 6.81. The van der Waals surface area contributed by atoms with Gasteiger partial charge in [0.05, 0.1) is 22.6 Å². The van der Waals surface area contributed by atoms with Gasteiger partial charge in [0, 0.05) is 11.8 Å². The van der Waals surface area contributed by atoms with Crippen LogP contribution in [0.3, 0.4) is 0 Å². The third-order valence-electron chi connectivity index (χ3n) is 4.36. The minimum Gasteiger partial charge on any atom is -0.250 e. The fourth-order valence-electron chi connectivity index (χ4n) is 2.90. The highest BCUT2D eigenvalue weighted by Crippen LogP contribution is 2.27. The Kier molecular flexibility index (Phi) is 4.35. The van der Waals surface area contributed by atoms with E-state index in [-0.39, 0.29) is 0 Å². The zero-order valence-electron chi connectivity index (χ0n) is 14.7. The summed E-state index contributed by atoms with van der Waals surface area (Å²) in [6, 6.07) is 19.0. The molecule has 5 heteroatoms. The first-order valence-electron chi connectivity index (χ1n) is 8.48. The third kappa shape index (κ3) is 3.41. The first-order chi connectivity index (χ1) is 12.6. The Morgan fingerprint density at radius 3 is 2.08 bits per heavy atom. The Labute approximate surface area is 157 Å². The van der Waals surface area contributed by atoms with E-state index >= 15 is 0 Å². The van der Waals surface area contributed by atoms with Crippen molar-refractivity contribution < 1.29 is 0 Å². The van der Waals surface area contributed by atoms with Gasteiger partial charge in [0.2, 0.25) is 0 Å². The molecule has 130 valence electrons. The topological polar surface area (TPSA) is 35.6 Å². The number of hydrogen-bond donors (Lipinski definition) is 0. The monoisotopic (exact) mass is 362 g/mol. The smallest absolute Gasteiger partial charge is 0.133 e. The Morgan fingerprint density at radius 1 is 0.885 bits per heavy atom. The Balaban J connectivity index is 1.78. The molecule has 26 heavy (non-hydrogen) atoms. The van der Waals surface area contributed by atoms with Crippen molar-refractivity contribution in [2.24, 2.45) is 0 Å². The van der Waals surface area contributed by atoms with Crippen molar-refractivity contribution in [1.29, 1.82) is 0 Å². The average molecular weight is 363 g/mol. The van der Waals surface area contributed by atoms with Crippen molar-refractivity contribution in [1.82, 2.24) is 19.6 Å². The van der Waals surface area contributed by atoms with E-state index in [1.807, 2.05) is 4.68 Å². The van der Waals surface area contributed by atoms with Gasteiger partial charge < -0.3 is 0 Å². The molecule has 2 aromatic heterocycles. The number of hydrogen-bond acceptors (Lipinski definition) is 2. The maximum absolute atomic E-state index is 6.00. The van der Waals surface area contributed by atoms with Gasteiger partial charge in [-0.1, -0.05) is 71.3 Å². The van der Waals surface area contributed by atoms with Crippen LogP contribution in [0.2, 0.25) is 5.02 Å². The maximum atomic E-state index is 6.00. The molecule has 2 aromatic carbocycles. The number of halogens is 1. The van der Waals surface area contributed by atoms with Crippen molar-refractivity contribution >= 4 is 11.6 Å². The van der Waals surface area contributed by atoms with E-state index in [0.29, 0.717) is 11.7 Å². The van der Waals surface area contributed by atoms with Crippen LogP contribution in [0.1, 0.15) is 11.1 Å². The molecule has 4 rings (SSSR count). The summed E-state index contributed by atoms with van der Waals surface area (Å²) in [4.78, 5) is 0. The molecular weight excluding hydrogens is 344 g/mol. The molecule has 0 aliphatic heterocycles. The van der Waals surface area contributed by atoms with Crippen molar-refractivity contribution in [3.8, 4) is 22.5 Å². The Hall–Kier alpha value is -2.85. The molecule has 0 atom stereocenters. The fourth-order valence-corrected chi connectivity index (χ4v) is 3.06. The summed E-state index contributed by atoms with van der Waals surface area (Å²) in [5.41, 5.74) is 6.68. The highest BCUT2D eigenvalue weighted by atomic mass is 35.5. The lowest BCUT2D eigenvalue weighted by atomic mass is 10.1. The highest BCUT2D eigenvalue weighted by Gasteiger charge is 2.12. The van der Waals surface area contributed by atoms with Gasteiger partial charge in [0.25, 0.3) is 0 Å². The molecule has 0 amide bonds. The first kappa shape index (κ1) is 16.6. The van der Waals surface area contributed by atoms with Gasteiger partial charge in [-0.3, -0.25) is 0 Å². The number of rotatable bonds is 4. The van der Waals surface area contributed by atoms with Gasteiger partial charge in [0.1, 0.15) is 6.67 Å². The Bertz CT molecular complexity index is 1030. The summed E-state index contributed by atoms with van der Waals surface area (Å²) in [5, 5.41) is 9.72. The fraction of sp³-hybridized carbons (Fsp3) is 0.143. The van der Waals surface area contributed by atoms with Crippen LogP contribution in [0.5, 0.6) is 0 Å². The average Bonchev–Trinajstić information content (AvgIpc) is 3.23. The zero-order chi connectivity index (χ0) is 18.1. The molecule has 0 aliphatic carbocycles. The van der Waals surface area contributed by atoms with Crippen LogP contribution in [-0.2, 0) is 6.67 Å². The van der Waals surface area contributed by atoms with E-state index in [0.717, 1.165) is 22.5 Å². The maximum Gasteiger partial charge on any atom is 0.133 e. The predicted octanol–water partition coefficient (Wildman–Crippen LogP) is 5.19. The van der Waals surface area contributed by atoms with Crippen LogP contribution >= 0.6 is 11.6 Å². The molecular formula is C21H19ClN4. The van der Waals surface area contributed by atoms with Gasteiger partial charge >= 0.3 is 0 Å². The Morgan fingerprint density at radius 2 is 1.50 bits per heavy atom. The summed E-state index contributed by atoms with van der Waals surface area (Å²) in [6.07, 6.45) is 3.44. The van der Waals surface area contributed by atoms with Crippen molar-refractivity contribution in [3.05, 3.63) is 83.1 Å². The minimum atomic E-state index is 0.502. The van der Waals surface area contributed by atoms with Crippen LogP contribution in [0.25, 0.3) is 22.5 Å². The van der Waals surface area contributed by atoms with Crippen LogP contribution < -0.4 is 0 Å². The standard InChI is InChI=1S/C21H19ClN4/c1-15-3-7-17(8-4-15)20-11-21(18-9-5-16(2)6-10-18)26(24-20)14-25-13-19(22)12-23-25/h3-13H,14H2,1-2H3. The zero-order valence-corrected chi connectivity index (χ0v) is 15.5. The van der Waals surface area contributed by atoms with E-state index in [2.05, 4.69) is 73.5 Å². The van der Waals surface area contributed by atoms with Crippen molar-refractivity contribution in [2.75, 3.05) is 0 Å². The highest BCUT2D eigenvalue weighted by molar-refractivity contribution is 6.30. The van der Waals surface area contributed by atoms with Gasteiger partial charge in [-0.25, -0.2) is 9.36 Å². The van der Waals surface area contributed by atoms with Crippen LogP contribution in [-0.4, -0.2) is 19.6 Å². The summed E-state index contributed by atoms with van der Waals surface area (Å²) in [6.45, 7) is 4.67. The van der Waals surface area contributed by atoms with E-state index < -0.39 is 0 Å². The van der Waals surface area contributed by atoms with Gasteiger partial charge in [0.15, 0.2) is 0 Å². The summed E-state index contributed by atoms with van der Waals surface area (Å²) in [7, 11) is 0. The largest absolute Gasteiger partial charge is 0.250 e. The lowest BCUT2D eigenvalue weighted by Gasteiger charge is -2.08. The second-order valence-electron chi connectivity index (χ2n) is 6.49. The normalized spacial score (nSPS) is 11.0. The molecule has 0 N–H and O–H groups in total.